The molecule has 0 aliphatic carbocycles. The highest BCUT2D eigenvalue weighted by Gasteiger charge is 2.43. The summed E-state index contributed by atoms with van der Waals surface area (Å²) in [5.41, 5.74) is 0.818. The Hall–Kier alpha value is -1.39. The van der Waals surface area contributed by atoms with Gasteiger partial charge in [-0.3, -0.25) is 0 Å². The molecule has 2 rings (SSSR count). The number of carbonyl (C=O) groups is 1. The lowest BCUT2D eigenvalue weighted by molar-refractivity contribution is -0.158. The summed E-state index contributed by atoms with van der Waals surface area (Å²) in [5.74, 6) is -0.613. The van der Waals surface area contributed by atoms with Crippen LogP contribution in [0, 0.1) is 0 Å². The summed E-state index contributed by atoms with van der Waals surface area (Å²) in [6.07, 6.45) is 6.91. The van der Waals surface area contributed by atoms with Crippen molar-refractivity contribution in [3.63, 3.8) is 0 Å². The number of hydrogen-bond acceptors (Lipinski definition) is 4. The van der Waals surface area contributed by atoms with Crippen LogP contribution in [0.1, 0.15) is 13.8 Å². The second-order valence-corrected chi connectivity index (χ2v) is 4.04. The fourth-order valence-electron chi connectivity index (χ4n) is 2.11. The molecule has 17 heavy (non-hydrogen) atoms. The number of aliphatic hydroxyl groups is 1. The summed E-state index contributed by atoms with van der Waals surface area (Å²) in [7, 11) is 0. The van der Waals surface area contributed by atoms with E-state index >= 15 is 0 Å². The van der Waals surface area contributed by atoms with Gasteiger partial charge < -0.3 is 14.6 Å². The van der Waals surface area contributed by atoms with Gasteiger partial charge in [-0.1, -0.05) is 24.3 Å². The normalized spacial score (nSPS) is 37.4. The van der Waals surface area contributed by atoms with E-state index in [1.54, 1.807) is 0 Å². The highest BCUT2D eigenvalue weighted by atomic mass is 16.6. The van der Waals surface area contributed by atoms with E-state index in [9.17, 15) is 9.90 Å². The van der Waals surface area contributed by atoms with Gasteiger partial charge >= 0.3 is 5.97 Å². The maximum Gasteiger partial charge on any atom is 0.339 e. The molecule has 0 spiro atoms. The zero-order chi connectivity index (χ0) is 12.4. The van der Waals surface area contributed by atoms with Gasteiger partial charge in [-0.25, -0.2) is 4.79 Å². The highest BCUT2D eigenvalue weighted by Crippen LogP contribution is 2.33. The summed E-state index contributed by atoms with van der Waals surface area (Å²) in [6.45, 7) is 3.78. The smallest absolute Gasteiger partial charge is 0.339 e. The van der Waals surface area contributed by atoms with Gasteiger partial charge in [0, 0.05) is 5.57 Å². The molecule has 1 fully saturated rings. The number of esters is 1. The quantitative estimate of drug-likeness (QED) is 0.576. The zero-order valence-corrected chi connectivity index (χ0v) is 9.87. The van der Waals surface area contributed by atoms with Crippen molar-refractivity contribution in [2.75, 3.05) is 0 Å². The van der Waals surface area contributed by atoms with Crippen LogP contribution in [-0.4, -0.2) is 35.5 Å². The van der Waals surface area contributed by atoms with Crippen LogP contribution < -0.4 is 0 Å². The molecule has 1 saturated heterocycles. The number of aliphatic hydroxyl groups excluding tert-OH is 1. The summed E-state index contributed by atoms with van der Waals surface area (Å²) < 4.78 is 11.0. The predicted octanol–water partition coefficient (Wildman–Crippen LogP) is 1.12. The molecule has 4 unspecified atom stereocenters. The molecule has 4 nitrogen and oxygen atoms in total. The van der Waals surface area contributed by atoms with Crippen LogP contribution >= 0.6 is 0 Å². The Morgan fingerprint density at radius 1 is 1.29 bits per heavy atom. The molecular formula is C13H16O4. The average molecular weight is 236 g/mol. The first-order chi connectivity index (χ1) is 8.17. The third-order valence-electron chi connectivity index (χ3n) is 2.84. The monoisotopic (exact) mass is 236 g/mol. The second-order valence-electron chi connectivity index (χ2n) is 4.04. The van der Waals surface area contributed by atoms with E-state index in [2.05, 4.69) is 0 Å². The van der Waals surface area contributed by atoms with Gasteiger partial charge in [0.05, 0.1) is 0 Å². The van der Waals surface area contributed by atoms with Crippen LogP contribution in [0.3, 0.4) is 0 Å². The fraction of sp³-hybridized carbons (Fsp3) is 0.462. The second kappa shape index (κ2) is 4.85. The number of rotatable bonds is 2. The first kappa shape index (κ1) is 12.1. The summed E-state index contributed by atoms with van der Waals surface area (Å²) in [4.78, 5) is 11.3. The molecule has 0 saturated carbocycles. The van der Waals surface area contributed by atoms with Crippen LogP contribution in [0.5, 0.6) is 0 Å². The molecule has 2 aliphatic heterocycles. The van der Waals surface area contributed by atoms with Crippen molar-refractivity contribution in [1.29, 1.82) is 0 Å². The van der Waals surface area contributed by atoms with E-state index in [0.29, 0.717) is 0 Å². The van der Waals surface area contributed by atoms with Crippen molar-refractivity contribution in [1.82, 2.24) is 0 Å². The Bertz CT molecular complexity index is 394. The number of allylic oxidation sites excluding steroid dienone is 2. The number of hydrogen-bond donors (Lipinski definition) is 1. The molecule has 2 aliphatic rings. The van der Waals surface area contributed by atoms with Gasteiger partial charge in [-0.2, -0.15) is 0 Å². The minimum Gasteiger partial charge on any atom is -0.452 e. The standard InChI is InChI=1S/C13H16O4/c1-3-5-10-8-7-9(14)13(15)17-12(8)11(16-10)6-4-2/h3-7,9-12,14H,1-2H3/b5-3+,6-4+. The van der Waals surface area contributed by atoms with Crippen LogP contribution in [0.4, 0.5) is 0 Å². The predicted molar refractivity (Wildman–Crippen MR) is 62.3 cm³/mol. The van der Waals surface area contributed by atoms with Crippen LogP contribution in [0.2, 0.25) is 0 Å². The minimum absolute atomic E-state index is 0.228. The van der Waals surface area contributed by atoms with Gasteiger partial charge in [-0.15, -0.1) is 0 Å². The third kappa shape index (κ3) is 2.18. The summed E-state index contributed by atoms with van der Waals surface area (Å²) in [6, 6.07) is 0. The summed E-state index contributed by atoms with van der Waals surface area (Å²) >= 11 is 0. The molecule has 0 radical (unpaired) electrons. The molecule has 0 aromatic carbocycles. The Labute approximate surface area is 100 Å². The van der Waals surface area contributed by atoms with E-state index in [-0.39, 0.29) is 12.2 Å². The Balaban J connectivity index is 2.32. The van der Waals surface area contributed by atoms with E-state index in [0.717, 1.165) is 5.57 Å². The fourth-order valence-corrected chi connectivity index (χ4v) is 2.11. The molecule has 1 N–H and O–H groups in total. The van der Waals surface area contributed by atoms with Crippen molar-refractivity contribution in [3.8, 4) is 0 Å². The molecular weight excluding hydrogens is 220 g/mol. The SMILES string of the molecule is C/C=C/C1OC(/C=C/C)C2OC(=O)C(O)C=C12. The van der Waals surface area contributed by atoms with Gasteiger partial charge in [0.2, 0.25) is 0 Å². The first-order valence-electron chi connectivity index (χ1n) is 5.68. The van der Waals surface area contributed by atoms with Gasteiger partial charge in [0.15, 0.2) is 12.2 Å². The molecule has 4 atom stereocenters. The van der Waals surface area contributed by atoms with Gasteiger partial charge in [0.25, 0.3) is 0 Å². The van der Waals surface area contributed by atoms with Crippen LogP contribution in [-0.2, 0) is 14.3 Å². The molecule has 4 heteroatoms. The Morgan fingerprint density at radius 2 is 2.00 bits per heavy atom. The van der Waals surface area contributed by atoms with Crippen molar-refractivity contribution in [2.24, 2.45) is 0 Å². The third-order valence-corrected chi connectivity index (χ3v) is 2.84. The molecule has 0 aromatic heterocycles. The van der Waals surface area contributed by atoms with Crippen molar-refractivity contribution in [2.45, 2.75) is 38.3 Å². The molecule has 2 heterocycles. The largest absolute Gasteiger partial charge is 0.452 e. The van der Waals surface area contributed by atoms with E-state index in [4.69, 9.17) is 9.47 Å². The van der Waals surface area contributed by atoms with Crippen molar-refractivity contribution in [3.05, 3.63) is 36.0 Å². The number of fused-ring (bicyclic) bond motifs is 1. The minimum atomic E-state index is -1.18. The topological polar surface area (TPSA) is 55.8 Å². The van der Waals surface area contributed by atoms with Crippen molar-refractivity contribution >= 4 is 5.97 Å². The lowest BCUT2D eigenvalue weighted by Crippen LogP contribution is -2.36. The van der Waals surface area contributed by atoms with E-state index < -0.39 is 18.2 Å². The van der Waals surface area contributed by atoms with Crippen LogP contribution in [0.15, 0.2) is 36.0 Å². The van der Waals surface area contributed by atoms with Crippen molar-refractivity contribution < 1.29 is 19.4 Å². The van der Waals surface area contributed by atoms with Gasteiger partial charge in [0.1, 0.15) is 12.2 Å². The Kier molecular flexibility index (Phi) is 3.45. The molecule has 92 valence electrons. The number of ether oxygens (including phenoxy) is 2. The molecule has 0 amide bonds. The Morgan fingerprint density at radius 3 is 2.65 bits per heavy atom. The first-order valence-corrected chi connectivity index (χ1v) is 5.68. The maximum absolute atomic E-state index is 11.3. The van der Waals surface area contributed by atoms with E-state index in [1.165, 1.54) is 6.08 Å². The highest BCUT2D eigenvalue weighted by molar-refractivity contribution is 5.79. The number of carbonyl (C=O) groups excluding carboxylic acids is 1. The average Bonchev–Trinajstić information content (AvgIpc) is 2.60. The zero-order valence-electron chi connectivity index (χ0n) is 9.87. The lowest BCUT2D eigenvalue weighted by atomic mass is 9.98. The maximum atomic E-state index is 11.3. The van der Waals surface area contributed by atoms with E-state index in [1.807, 2.05) is 38.2 Å². The van der Waals surface area contributed by atoms with Gasteiger partial charge in [-0.05, 0) is 19.9 Å². The molecule has 0 aromatic rings. The van der Waals surface area contributed by atoms with Crippen LogP contribution in [0.25, 0.3) is 0 Å². The molecule has 0 bridgehead atoms. The lowest BCUT2D eigenvalue weighted by Gasteiger charge is -2.23. The summed E-state index contributed by atoms with van der Waals surface area (Å²) in [5, 5.41) is 9.48.